The summed E-state index contributed by atoms with van der Waals surface area (Å²) in [6.07, 6.45) is 0. The summed E-state index contributed by atoms with van der Waals surface area (Å²) in [6, 6.07) is 11.5. The first-order valence-corrected chi connectivity index (χ1v) is 7.10. The first-order valence-electron chi connectivity index (χ1n) is 4.95. The Hall–Kier alpha value is -0.710. The van der Waals surface area contributed by atoms with Gasteiger partial charge in [0.05, 0.1) is 10.7 Å². The molecular formula is C12H10BrClN2S. The molecule has 2 rings (SSSR count). The topological polar surface area (TPSA) is 38.9 Å². The van der Waals surface area contributed by atoms with Gasteiger partial charge in [0.1, 0.15) is 5.82 Å². The molecule has 0 spiro atoms. The predicted octanol–water partition coefficient (Wildman–Crippen LogP) is 4.37. The Morgan fingerprint density at radius 1 is 1.24 bits per heavy atom. The molecular weight excluding hydrogens is 320 g/mol. The number of nitrogens with two attached hydrogens (primary N) is 1. The number of benzene rings is 1. The zero-order chi connectivity index (χ0) is 12.3. The molecule has 5 heteroatoms. The van der Waals surface area contributed by atoms with E-state index in [4.69, 9.17) is 17.3 Å². The number of aromatic nitrogens is 1. The van der Waals surface area contributed by atoms with Crippen LogP contribution < -0.4 is 5.73 Å². The van der Waals surface area contributed by atoms with E-state index in [9.17, 15) is 0 Å². The van der Waals surface area contributed by atoms with Gasteiger partial charge in [0.25, 0.3) is 0 Å². The van der Waals surface area contributed by atoms with E-state index < -0.39 is 0 Å². The maximum atomic E-state index is 6.06. The number of hydrogen-bond donors (Lipinski definition) is 1. The van der Waals surface area contributed by atoms with Gasteiger partial charge in [-0.15, -0.1) is 11.8 Å². The van der Waals surface area contributed by atoms with Crippen LogP contribution in [-0.2, 0) is 5.75 Å². The zero-order valence-electron chi connectivity index (χ0n) is 8.86. The lowest BCUT2D eigenvalue weighted by Gasteiger charge is -2.06. The highest BCUT2D eigenvalue weighted by atomic mass is 79.9. The van der Waals surface area contributed by atoms with Gasteiger partial charge in [0.2, 0.25) is 0 Å². The summed E-state index contributed by atoms with van der Waals surface area (Å²) in [5, 5.41) is 0.652. The summed E-state index contributed by atoms with van der Waals surface area (Å²) in [4.78, 5) is 5.39. The Morgan fingerprint density at radius 2 is 2.00 bits per heavy atom. The van der Waals surface area contributed by atoms with Gasteiger partial charge in [0.15, 0.2) is 0 Å². The van der Waals surface area contributed by atoms with E-state index in [-0.39, 0.29) is 0 Å². The molecule has 0 amide bonds. The highest BCUT2D eigenvalue weighted by Crippen LogP contribution is 2.31. The quantitative estimate of drug-likeness (QED) is 0.850. The molecule has 0 saturated carbocycles. The lowest BCUT2D eigenvalue weighted by atomic mass is 10.4. The SMILES string of the molecule is Nc1ccc(Cl)c(CSc2ccccc2Br)n1. The molecule has 0 bridgehead atoms. The smallest absolute Gasteiger partial charge is 0.123 e. The summed E-state index contributed by atoms with van der Waals surface area (Å²) >= 11 is 11.2. The second-order valence-corrected chi connectivity index (χ2v) is 5.66. The molecule has 0 aliphatic heterocycles. The van der Waals surface area contributed by atoms with Crippen LogP contribution in [0.15, 0.2) is 45.8 Å². The van der Waals surface area contributed by atoms with E-state index in [0.29, 0.717) is 16.6 Å². The summed E-state index contributed by atoms with van der Waals surface area (Å²) in [5.41, 5.74) is 6.45. The molecule has 0 fully saturated rings. The number of anilines is 1. The monoisotopic (exact) mass is 328 g/mol. The van der Waals surface area contributed by atoms with Crippen LogP contribution in [0, 0.1) is 0 Å². The fraction of sp³-hybridized carbons (Fsp3) is 0.0833. The number of thioether (sulfide) groups is 1. The van der Waals surface area contributed by atoms with Crippen molar-refractivity contribution in [3.05, 3.63) is 51.6 Å². The van der Waals surface area contributed by atoms with Crippen LogP contribution in [0.25, 0.3) is 0 Å². The van der Waals surface area contributed by atoms with Crippen LogP contribution in [-0.4, -0.2) is 4.98 Å². The fourth-order valence-corrected chi connectivity index (χ4v) is 3.08. The lowest BCUT2D eigenvalue weighted by molar-refractivity contribution is 1.18. The lowest BCUT2D eigenvalue weighted by Crippen LogP contribution is -1.95. The molecule has 88 valence electrons. The molecule has 2 N–H and O–H groups in total. The van der Waals surface area contributed by atoms with Crippen molar-refractivity contribution in [2.75, 3.05) is 5.73 Å². The number of halogens is 2. The average Bonchev–Trinajstić information content (AvgIpc) is 2.32. The minimum absolute atomic E-state index is 0.497. The van der Waals surface area contributed by atoms with Gasteiger partial charge in [-0.05, 0) is 40.2 Å². The molecule has 0 radical (unpaired) electrons. The molecule has 1 aromatic carbocycles. The Balaban J connectivity index is 2.12. The van der Waals surface area contributed by atoms with Crippen molar-refractivity contribution < 1.29 is 0 Å². The molecule has 0 unspecified atom stereocenters. The van der Waals surface area contributed by atoms with Crippen molar-refractivity contribution in [1.29, 1.82) is 0 Å². The van der Waals surface area contributed by atoms with Gasteiger partial charge in [-0.3, -0.25) is 0 Å². The third-order valence-electron chi connectivity index (χ3n) is 2.14. The molecule has 1 aromatic heterocycles. The van der Waals surface area contributed by atoms with Crippen LogP contribution in [0.4, 0.5) is 5.82 Å². The van der Waals surface area contributed by atoms with E-state index in [0.717, 1.165) is 15.1 Å². The third-order valence-corrected chi connectivity index (χ3v) is 4.52. The second kappa shape index (κ2) is 5.76. The van der Waals surface area contributed by atoms with Gasteiger partial charge in [-0.1, -0.05) is 23.7 Å². The summed E-state index contributed by atoms with van der Waals surface area (Å²) < 4.78 is 1.07. The van der Waals surface area contributed by atoms with Crippen LogP contribution in [0.2, 0.25) is 5.02 Å². The summed E-state index contributed by atoms with van der Waals surface area (Å²) in [6.45, 7) is 0. The number of pyridine rings is 1. The highest BCUT2D eigenvalue weighted by molar-refractivity contribution is 9.10. The molecule has 17 heavy (non-hydrogen) atoms. The second-order valence-electron chi connectivity index (χ2n) is 3.38. The molecule has 2 aromatic rings. The Bertz CT molecular complexity index is 534. The third kappa shape index (κ3) is 3.37. The number of nitrogen functional groups attached to an aromatic ring is 1. The summed E-state index contributed by atoms with van der Waals surface area (Å²) in [5.74, 6) is 1.20. The van der Waals surface area contributed by atoms with E-state index in [1.165, 1.54) is 0 Å². The van der Waals surface area contributed by atoms with Gasteiger partial charge in [-0.2, -0.15) is 0 Å². The van der Waals surface area contributed by atoms with Crippen molar-refractivity contribution in [2.24, 2.45) is 0 Å². The molecule has 2 nitrogen and oxygen atoms in total. The normalized spacial score (nSPS) is 10.5. The first-order chi connectivity index (χ1) is 8.16. The van der Waals surface area contributed by atoms with E-state index in [2.05, 4.69) is 27.0 Å². The number of rotatable bonds is 3. The van der Waals surface area contributed by atoms with Crippen molar-refractivity contribution in [2.45, 2.75) is 10.6 Å². The molecule has 0 saturated heterocycles. The van der Waals surface area contributed by atoms with Crippen LogP contribution in [0.1, 0.15) is 5.69 Å². The molecule has 1 heterocycles. The Labute approximate surface area is 118 Å². The van der Waals surface area contributed by atoms with Gasteiger partial charge in [-0.25, -0.2) is 4.98 Å². The van der Waals surface area contributed by atoms with Crippen molar-refractivity contribution in [3.8, 4) is 0 Å². The number of hydrogen-bond acceptors (Lipinski definition) is 3. The van der Waals surface area contributed by atoms with Crippen LogP contribution >= 0.6 is 39.3 Å². The Morgan fingerprint density at radius 3 is 2.76 bits per heavy atom. The average molecular weight is 330 g/mol. The zero-order valence-corrected chi connectivity index (χ0v) is 12.0. The maximum absolute atomic E-state index is 6.06. The largest absolute Gasteiger partial charge is 0.384 e. The Kier molecular flexibility index (Phi) is 4.31. The van der Waals surface area contributed by atoms with Crippen LogP contribution in [0.3, 0.4) is 0 Å². The van der Waals surface area contributed by atoms with Gasteiger partial charge >= 0.3 is 0 Å². The molecule has 0 atom stereocenters. The predicted molar refractivity (Wildman–Crippen MR) is 77.4 cm³/mol. The molecule has 0 aliphatic rings. The van der Waals surface area contributed by atoms with Crippen molar-refractivity contribution >= 4 is 45.1 Å². The van der Waals surface area contributed by atoms with E-state index in [1.54, 1.807) is 23.9 Å². The molecule has 0 aliphatic carbocycles. The van der Waals surface area contributed by atoms with E-state index >= 15 is 0 Å². The van der Waals surface area contributed by atoms with Crippen LogP contribution in [0.5, 0.6) is 0 Å². The van der Waals surface area contributed by atoms with Gasteiger partial charge in [0, 0.05) is 15.1 Å². The fourth-order valence-electron chi connectivity index (χ4n) is 1.31. The van der Waals surface area contributed by atoms with Crippen molar-refractivity contribution in [1.82, 2.24) is 4.98 Å². The highest BCUT2D eigenvalue weighted by Gasteiger charge is 2.05. The maximum Gasteiger partial charge on any atom is 0.123 e. The first kappa shape index (κ1) is 12.7. The number of nitrogens with zero attached hydrogens (tertiary/aromatic N) is 1. The standard InChI is InChI=1S/C12H10BrClN2S/c13-8-3-1-2-4-11(8)17-7-10-9(14)5-6-12(15)16-10/h1-6H,7H2,(H2,15,16). The summed E-state index contributed by atoms with van der Waals surface area (Å²) in [7, 11) is 0. The minimum Gasteiger partial charge on any atom is -0.384 e. The van der Waals surface area contributed by atoms with E-state index in [1.807, 2.05) is 18.2 Å². The van der Waals surface area contributed by atoms with Crippen molar-refractivity contribution in [3.63, 3.8) is 0 Å². The van der Waals surface area contributed by atoms with Gasteiger partial charge < -0.3 is 5.73 Å². The minimum atomic E-state index is 0.497.